The Balaban J connectivity index is 1.24. The predicted molar refractivity (Wildman–Crippen MR) is 125 cm³/mol. The van der Waals surface area contributed by atoms with Crippen molar-refractivity contribution in [1.82, 2.24) is 9.80 Å². The summed E-state index contributed by atoms with van der Waals surface area (Å²) < 4.78 is 6.00. The van der Waals surface area contributed by atoms with Crippen molar-refractivity contribution >= 4 is 28.3 Å². The highest BCUT2D eigenvalue weighted by Gasteiger charge is 2.35. The Morgan fingerprint density at radius 1 is 0.906 bits per heavy atom. The molecule has 0 aliphatic carbocycles. The van der Waals surface area contributed by atoms with Gasteiger partial charge in [0.15, 0.2) is 6.10 Å². The van der Waals surface area contributed by atoms with Crippen LogP contribution < -0.4 is 9.64 Å². The number of ether oxygens (including phenoxy) is 1. The van der Waals surface area contributed by atoms with Crippen LogP contribution in [0.25, 0.3) is 10.8 Å². The smallest absolute Gasteiger partial charge is 0.265 e. The van der Waals surface area contributed by atoms with Gasteiger partial charge in [0.25, 0.3) is 5.91 Å². The van der Waals surface area contributed by atoms with Gasteiger partial charge in [-0.3, -0.25) is 14.5 Å². The maximum Gasteiger partial charge on any atom is 0.265 e. The molecule has 1 saturated heterocycles. The Kier molecular flexibility index (Phi) is 5.53. The summed E-state index contributed by atoms with van der Waals surface area (Å²) in [7, 11) is 0. The van der Waals surface area contributed by atoms with Gasteiger partial charge in [-0.25, -0.2) is 0 Å². The van der Waals surface area contributed by atoms with Gasteiger partial charge in [-0.1, -0.05) is 54.6 Å². The molecule has 5 rings (SSSR count). The first-order chi connectivity index (χ1) is 15.6. The second-order valence-corrected chi connectivity index (χ2v) is 8.44. The lowest BCUT2D eigenvalue weighted by Crippen LogP contribution is -2.56. The molecule has 2 aliphatic rings. The first-order valence-corrected chi connectivity index (χ1v) is 11.1. The van der Waals surface area contributed by atoms with E-state index in [0.717, 1.165) is 25.3 Å². The number of carbonyl (C=O) groups excluding carboxylic acids is 2. The Morgan fingerprint density at radius 2 is 1.62 bits per heavy atom. The summed E-state index contributed by atoms with van der Waals surface area (Å²) in [5, 5.41) is 2.54. The molecule has 2 amide bonds. The van der Waals surface area contributed by atoms with Crippen LogP contribution in [0.15, 0.2) is 66.7 Å². The lowest BCUT2D eigenvalue weighted by atomic mass is 10.0. The molecular formula is C26H27N3O3. The average molecular weight is 430 g/mol. The highest BCUT2D eigenvalue weighted by atomic mass is 16.5. The summed E-state index contributed by atoms with van der Waals surface area (Å²) in [5.74, 6) is 0.455. The SMILES string of the molecule is CC(=O)N1CC(C(=O)N2CCN(Cc3cccc4ccccc34)CC2)Oc2ccccc21. The largest absolute Gasteiger partial charge is 0.476 e. The Morgan fingerprint density at radius 3 is 2.44 bits per heavy atom. The highest BCUT2D eigenvalue weighted by molar-refractivity contribution is 5.96. The van der Waals surface area contributed by atoms with E-state index in [1.807, 2.05) is 29.2 Å². The lowest BCUT2D eigenvalue weighted by Gasteiger charge is -2.39. The van der Waals surface area contributed by atoms with E-state index in [-0.39, 0.29) is 18.4 Å². The fourth-order valence-electron chi connectivity index (χ4n) is 4.66. The number of hydrogen-bond acceptors (Lipinski definition) is 4. The predicted octanol–water partition coefficient (Wildman–Crippen LogP) is 3.30. The zero-order valence-corrected chi connectivity index (χ0v) is 18.2. The quantitative estimate of drug-likeness (QED) is 0.641. The van der Waals surface area contributed by atoms with E-state index >= 15 is 0 Å². The molecule has 164 valence electrons. The zero-order valence-electron chi connectivity index (χ0n) is 18.2. The van der Waals surface area contributed by atoms with E-state index < -0.39 is 6.10 Å². The molecule has 0 aromatic heterocycles. The molecule has 1 unspecified atom stereocenters. The number of anilines is 1. The summed E-state index contributed by atoms with van der Waals surface area (Å²) in [4.78, 5) is 31.3. The summed E-state index contributed by atoms with van der Waals surface area (Å²) in [5.41, 5.74) is 2.04. The van der Waals surface area contributed by atoms with Gasteiger partial charge in [-0.05, 0) is 28.5 Å². The van der Waals surface area contributed by atoms with Gasteiger partial charge >= 0.3 is 0 Å². The van der Waals surface area contributed by atoms with Crippen LogP contribution >= 0.6 is 0 Å². The van der Waals surface area contributed by atoms with Gasteiger partial charge in [-0.15, -0.1) is 0 Å². The van der Waals surface area contributed by atoms with E-state index in [2.05, 4.69) is 47.4 Å². The third-order valence-corrected chi connectivity index (χ3v) is 6.39. The van der Waals surface area contributed by atoms with E-state index in [4.69, 9.17) is 4.74 Å². The number of benzene rings is 3. The standard InChI is InChI=1S/C26H27N3O3/c1-19(30)29-18-25(32-24-12-5-4-11-23(24)29)26(31)28-15-13-27(14-16-28)17-21-9-6-8-20-7-2-3-10-22(20)21/h2-12,25H,13-18H2,1H3. The van der Waals surface area contributed by atoms with Gasteiger partial charge < -0.3 is 14.5 Å². The fraction of sp³-hybridized carbons (Fsp3) is 0.308. The number of piperazine rings is 1. The van der Waals surface area contributed by atoms with E-state index in [1.165, 1.54) is 23.3 Å². The normalized spacial score (nSPS) is 18.8. The number of nitrogens with zero attached hydrogens (tertiary/aromatic N) is 3. The second kappa shape index (κ2) is 8.63. The minimum Gasteiger partial charge on any atom is -0.476 e. The van der Waals surface area contributed by atoms with Crippen molar-refractivity contribution in [2.24, 2.45) is 0 Å². The Bertz CT molecular complexity index is 1150. The average Bonchev–Trinajstić information content (AvgIpc) is 2.83. The van der Waals surface area contributed by atoms with Gasteiger partial charge in [0, 0.05) is 39.6 Å². The molecule has 0 saturated carbocycles. The van der Waals surface area contributed by atoms with Crippen molar-refractivity contribution in [3.8, 4) is 5.75 Å². The fourth-order valence-corrected chi connectivity index (χ4v) is 4.66. The number of para-hydroxylation sites is 2. The molecule has 3 aromatic rings. The summed E-state index contributed by atoms with van der Waals surface area (Å²) in [6.07, 6.45) is -0.668. The monoisotopic (exact) mass is 429 g/mol. The molecule has 3 aromatic carbocycles. The molecule has 2 heterocycles. The van der Waals surface area contributed by atoms with Crippen LogP contribution in [0.4, 0.5) is 5.69 Å². The minimum absolute atomic E-state index is 0.0458. The molecule has 1 atom stereocenters. The Hall–Kier alpha value is -3.38. The zero-order chi connectivity index (χ0) is 22.1. The van der Waals surface area contributed by atoms with Crippen molar-refractivity contribution in [3.63, 3.8) is 0 Å². The van der Waals surface area contributed by atoms with E-state index in [9.17, 15) is 9.59 Å². The molecular weight excluding hydrogens is 402 g/mol. The number of fused-ring (bicyclic) bond motifs is 2. The van der Waals surface area contributed by atoms with Gasteiger partial charge in [-0.2, -0.15) is 0 Å². The van der Waals surface area contributed by atoms with Gasteiger partial charge in [0.2, 0.25) is 5.91 Å². The molecule has 1 fully saturated rings. The topological polar surface area (TPSA) is 53.1 Å². The molecule has 6 heteroatoms. The molecule has 0 bridgehead atoms. The van der Waals surface area contributed by atoms with E-state index in [1.54, 1.807) is 4.90 Å². The number of amides is 2. The van der Waals surface area contributed by atoms with Gasteiger partial charge in [0.1, 0.15) is 5.75 Å². The Labute approximate surface area is 188 Å². The molecule has 2 aliphatic heterocycles. The summed E-state index contributed by atoms with van der Waals surface area (Å²) >= 11 is 0. The van der Waals surface area contributed by atoms with Crippen molar-refractivity contribution in [2.75, 3.05) is 37.6 Å². The molecule has 6 nitrogen and oxygen atoms in total. The lowest BCUT2D eigenvalue weighted by molar-refractivity contribution is -0.140. The minimum atomic E-state index is -0.668. The molecule has 0 spiro atoms. The highest BCUT2D eigenvalue weighted by Crippen LogP contribution is 2.33. The van der Waals surface area contributed by atoms with Crippen LogP contribution in [-0.2, 0) is 16.1 Å². The van der Waals surface area contributed by atoms with Crippen molar-refractivity contribution in [2.45, 2.75) is 19.6 Å². The molecule has 0 radical (unpaired) electrons. The van der Waals surface area contributed by atoms with Crippen LogP contribution in [0.1, 0.15) is 12.5 Å². The first-order valence-electron chi connectivity index (χ1n) is 11.1. The number of rotatable bonds is 3. The summed E-state index contributed by atoms with van der Waals surface area (Å²) in [6.45, 7) is 5.59. The number of hydrogen-bond donors (Lipinski definition) is 0. The maximum atomic E-state index is 13.2. The summed E-state index contributed by atoms with van der Waals surface area (Å²) in [6, 6.07) is 22.3. The van der Waals surface area contributed by atoms with Crippen LogP contribution in [0, 0.1) is 0 Å². The van der Waals surface area contributed by atoms with Crippen molar-refractivity contribution in [1.29, 1.82) is 0 Å². The molecule has 32 heavy (non-hydrogen) atoms. The first kappa shape index (κ1) is 20.5. The van der Waals surface area contributed by atoms with Crippen molar-refractivity contribution < 1.29 is 14.3 Å². The number of carbonyl (C=O) groups is 2. The third kappa shape index (κ3) is 3.94. The maximum absolute atomic E-state index is 13.2. The van der Waals surface area contributed by atoms with E-state index in [0.29, 0.717) is 18.8 Å². The second-order valence-electron chi connectivity index (χ2n) is 8.44. The molecule has 0 N–H and O–H groups in total. The van der Waals surface area contributed by atoms with Crippen LogP contribution in [-0.4, -0.2) is 60.4 Å². The van der Waals surface area contributed by atoms with Crippen LogP contribution in [0.3, 0.4) is 0 Å². The van der Waals surface area contributed by atoms with Crippen LogP contribution in [0.2, 0.25) is 0 Å². The van der Waals surface area contributed by atoms with Gasteiger partial charge in [0.05, 0.1) is 12.2 Å². The van der Waals surface area contributed by atoms with Crippen molar-refractivity contribution in [3.05, 3.63) is 72.3 Å². The van der Waals surface area contributed by atoms with Crippen LogP contribution in [0.5, 0.6) is 5.75 Å². The third-order valence-electron chi connectivity index (χ3n) is 6.39.